The first-order chi connectivity index (χ1) is 11.6. The lowest BCUT2D eigenvalue weighted by atomic mass is 9.87. The molecule has 1 aliphatic heterocycles. The van der Waals surface area contributed by atoms with E-state index < -0.39 is 6.10 Å². The highest BCUT2D eigenvalue weighted by Gasteiger charge is 2.30. The Kier molecular flexibility index (Phi) is 5.60. The zero-order valence-corrected chi connectivity index (χ0v) is 14.6. The molecule has 0 bridgehead atoms. The van der Waals surface area contributed by atoms with Gasteiger partial charge in [0.05, 0.1) is 12.1 Å². The Morgan fingerprint density at radius 2 is 2.04 bits per heavy atom. The minimum Gasteiger partial charge on any atom is -0.388 e. The summed E-state index contributed by atoms with van der Waals surface area (Å²) in [7, 11) is 0. The minimum atomic E-state index is -0.423. The van der Waals surface area contributed by atoms with Gasteiger partial charge < -0.3 is 10.4 Å². The number of aliphatic hydroxyl groups excluding tert-OH is 1. The maximum absolute atomic E-state index is 12.3. The molecule has 128 valence electrons. The molecule has 2 aromatic rings. The number of aromatic nitrogens is 1. The fraction of sp³-hybridized carbons (Fsp3) is 0.444. The average Bonchev–Trinajstić information content (AvgIpc) is 3.14. The van der Waals surface area contributed by atoms with Crippen molar-refractivity contribution in [2.45, 2.75) is 31.9 Å². The van der Waals surface area contributed by atoms with Crippen LogP contribution in [0.3, 0.4) is 0 Å². The molecule has 0 saturated carbocycles. The van der Waals surface area contributed by atoms with Gasteiger partial charge in [-0.1, -0.05) is 30.3 Å². The summed E-state index contributed by atoms with van der Waals surface area (Å²) in [4.78, 5) is 18.6. The van der Waals surface area contributed by atoms with Crippen molar-refractivity contribution in [2.75, 3.05) is 18.4 Å². The van der Waals surface area contributed by atoms with Crippen LogP contribution in [0.15, 0.2) is 41.9 Å². The number of likely N-dealkylation sites (tertiary alicyclic amines) is 1. The molecule has 1 saturated heterocycles. The van der Waals surface area contributed by atoms with Crippen LogP contribution in [-0.4, -0.2) is 40.0 Å². The largest absolute Gasteiger partial charge is 0.388 e. The van der Waals surface area contributed by atoms with Crippen LogP contribution in [0.4, 0.5) is 5.13 Å². The summed E-state index contributed by atoms with van der Waals surface area (Å²) in [5, 5.41) is 15.9. The van der Waals surface area contributed by atoms with Crippen molar-refractivity contribution in [3.8, 4) is 0 Å². The third-order valence-corrected chi connectivity index (χ3v) is 5.44. The van der Waals surface area contributed by atoms with Gasteiger partial charge in [-0.3, -0.25) is 9.69 Å². The number of aliphatic hydroxyl groups is 1. The van der Waals surface area contributed by atoms with Crippen molar-refractivity contribution in [1.82, 2.24) is 9.88 Å². The van der Waals surface area contributed by atoms with Crippen molar-refractivity contribution in [3.05, 3.63) is 47.5 Å². The first-order valence-corrected chi connectivity index (χ1v) is 9.20. The number of amides is 1. The van der Waals surface area contributed by atoms with Gasteiger partial charge in [-0.25, -0.2) is 4.98 Å². The molecule has 1 aromatic carbocycles. The maximum atomic E-state index is 12.3. The molecule has 1 aliphatic rings. The van der Waals surface area contributed by atoms with E-state index in [4.69, 9.17) is 0 Å². The Morgan fingerprint density at radius 3 is 2.67 bits per heavy atom. The average molecular weight is 345 g/mol. The lowest BCUT2D eigenvalue weighted by Gasteiger charge is -2.37. The molecule has 1 amide bonds. The Labute approximate surface area is 146 Å². The Hall–Kier alpha value is -1.76. The number of carbonyl (C=O) groups excluding carboxylic acids is 1. The standard InChI is InChI=1S/C18H23N3O2S/c1-13(17(23)20-18-19-9-12-24-18)21-10-7-15(8-11-21)16(22)14-5-3-2-4-6-14/h2-6,9,12-13,15-16,22H,7-8,10-11H2,1H3,(H,19,20,23)/t13-,16-/m1/s1. The van der Waals surface area contributed by atoms with Crippen LogP contribution in [0.1, 0.15) is 31.4 Å². The van der Waals surface area contributed by atoms with Gasteiger partial charge in [0.15, 0.2) is 5.13 Å². The minimum absolute atomic E-state index is 0.0213. The quantitative estimate of drug-likeness (QED) is 0.874. The predicted molar refractivity (Wildman–Crippen MR) is 95.9 cm³/mol. The molecule has 0 spiro atoms. The Morgan fingerprint density at radius 1 is 1.33 bits per heavy atom. The third kappa shape index (κ3) is 4.01. The first kappa shape index (κ1) is 17.1. The molecule has 2 heterocycles. The van der Waals surface area contributed by atoms with Crippen molar-refractivity contribution in [2.24, 2.45) is 5.92 Å². The Balaban J connectivity index is 1.52. The number of piperidine rings is 1. The number of carbonyl (C=O) groups is 1. The molecule has 1 aromatic heterocycles. The maximum Gasteiger partial charge on any atom is 0.243 e. The van der Waals surface area contributed by atoms with Crippen LogP contribution >= 0.6 is 11.3 Å². The SMILES string of the molecule is C[C@H](C(=O)Nc1nccs1)N1CCC([C@H](O)c2ccccc2)CC1. The summed E-state index contributed by atoms with van der Waals surface area (Å²) >= 11 is 1.42. The van der Waals surface area contributed by atoms with Gasteiger partial charge in [0.25, 0.3) is 0 Å². The second-order valence-electron chi connectivity index (χ2n) is 6.23. The highest BCUT2D eigenvalue weighted by Crippen LogP contribution is 2.31. The number of nitrogens with one attached hydrogen (secondary N) is 1. The number of hydrogen-bond donors (Lipinski definition) is 2. The third-order valence-electron chi connectivity index (χ3n) is 4.75. The van der Waals surface area contributed by atoms with Crippen LogP contribution < -0.4 is 5.32 Å². The van der Waals surface area contributed by atoms with E-state index in [0.29, 0.717) is 5.13 Å². The molecule has 1 fully saturated rings. The van der Waals surface area contributed by atoms with Crippen LogP contribution in [0.2, 0.25) is 0 Å². The van der Waals surface area contributed by atoms with E-state index in [1.165, 1.54) is 11.3 Å². The van der Waals surface area contributed by atoms with Gasteiger partial charge in [0.2, 0.25) is 5.91 Å². The summed E-state index contributed by atoms with van der Waals surface area (Å²) in [6.07, 6.45) is 3.05. The number of hydrogen-bond acceptors (Lipinski definition) is 5. The summed E-state index contributed by atoms with van der Waals surface area (Å²) in [6, 6.07) is 9.63. The molecule has 2 atom stereocenters. The van der Waals surface area contributed by atoms with E-state index in [1.54, 1.807) is 6.20 Å². The van der Waals surface area contributed by atoms with Crippen molar-refractivity contribution >= 4 is 22.4 Å². The fourth-order valence-corrected chi connectivity index (χ4v) is 3.74. The second-order valence-corrected chi connectivity index (χ2v) is 7.13. The number of rotatable bonds is 5. The summed E-state index contributed by atoms with van der Waals surface area (Å²) in [5.41, 5.74) is 0.977. The molecule has 0 aliphatic carbocycles. The molecular weight excluding hydrogens is 322 g/mol. The van der Waals surface area contributed by atoms with Gasteiger partial charge >= 0.3 is 0 Å². The van der Waals surface area contributed by atoms with Gasteiger partial charge in [0, 0.05) is 11.6 Å². The summed E-state index contributed by atoms with van der Waals surface area (Å²) < 4.78 is 0. The second kappa shape index (κ2) is 7.88. The van der Waals surface area contributed by atoms with Crippen LogP contribution in [0, 0.1) is 5.92 Å². The first-order valence-electron chi connectivity index (χ1n) is 8.32. The number of nitrogens with zero attached hydrogens (tertiary/aromatic N) is 2. The van der Waals surface area contributed by atoms with Gasteiger partial charge in [0.1, 0.15) is 0 Å². The van der Waals surface area contributed by atoms with Crippen molar-refractivity contribution < 1.29 is 9.90 Å². The lowest BCUT2D eigenvalue weighted by Crippen LogP contribution is -2.46. The molecule has 3 rings (SSSR count). The van der Waals surface area contributed by atoms with E-state index in [9.17, 15) is 9.90 Å². The van der Waals surface area contributed by atoms with Crippen LogP contribution in [0.25, 0.3) is 0 Å². The normalized spacial score (nSPS) is 18.9. The number of thiazole rings is 1. The molecule has 0 radical (unpaired) electrons. The molecule has 2 N–H and O–H groups in total. The molecular formula is C18H23N3O2S. The highest BCUT2D eigenvalue weighted by atomic mass is 32.1. The molecule has 24 heavy (non-hydrogen) atoms. The fourth-order valence-electron chi connectivity index (χ4n) is 3.21. The van der Waals surface area contributed by atoms with Gasteiger partial charge in [-0.15, -0.1) is 11.3 Å². The van der Waals surface area contributed by atoms with Gasteiger partial charge in [-0.05, 0) is 44.3 Å². The van der Waals surface area contributed by atoms with Crippen molar-refractivity contribution in [1.29, 1.82) is 0 Å². The van der Waals surface area contributed by atoms with Gasteiger partial charge in [-0.2, -0.15) is 0 Å². The number of benzene rings is 1. The van der Waals surface area contributed by atoms with E-state index >= 15 is 0 Å². The smallest absolute Gasteiger partial charge is 0.243 e. The zero-order valence-electron chi connectivity index (χ0n) is 13.8. The summed E-state index contributed by atoms with van der Waals surface area (Å²) in [5.74, 6) is 0.227. The zero-order chi connectivity index (χ0) is 16.9. The predicted octanol–water partition coefficient (Wildman–Crippen LogP) is 2.92. The van der Waals surface area contributed by atoms with E-state index in [0.717, 1.165) is 31.5 Å². The molecule has 6 heteroatoms. The summed E-state index contributed by atoms with van der Waals surface area (Å²) in [6.45, 7) is 3.57. The van der Waals surface area contributed by atoms with E-state index in [2.05, 4.69) is 15.2 Å². The molecule has 0 unspecified atom stereocenters. The number of anilines is 1. The van der Waals surface area contributed by atoms with E-state index in [-0.39, 0.29) is 17.9 Å². The highest BCUT2D eigenvalue weighted by molar-refractivity contribution is 7.13. The molecule has 5 nitrogen and oxygen atoms in total. The monoisotopic (exact) mass is 345 g/mol. The van der Waals surface area contributed by atoms with Crippen LogP contribution in [-0.2, 0) is 4.79 Å². The van der Waals surface area contributed by atoms with E-state index in [1.807, 2.05) is 42.6 Å². The topological polar surface area (TPSA) is 65.5 Å². The Bertz CT molecular complexity index is 640. The van der Waals surface area contributed by atoms with Crippen LogP contribution in [0.5, 0.6) is 0 Å². The van der Waals surface area contributed by atoms with Crippen molar-refractivity contribution in [3.63, 3.8) is 0 Å². The lowest BCUT2D eigenvalue weighted by molar-refractivity contribution is -0.121.